The van der Waals surface area contributed by atoms with Crippen LogP contribution in [-0.4, -0.2) is 22.9 Å². The highest BCUT2D eigenvalue weighted by molar-refractivity contribution is 9.12. The van der Waals surface area contributed by atoms with Gasteiger partial charge in [0.2, 0.25) is 0 Å². The smallest absolute Gasteiger partial charge is 0.0503 e. The van der Waals surface area contributed by atoms with Crippen molar-refractivity contribution in [3.8, 4) is 0 Å². The lowest BCUT2D eigenvalue weighted by atomic mass is 9.47. The molecule has 5 rings (SSSR count). The molecule has 0 radical (unpaired) electrons. The third-order valence-electron chi connectivity index (χ3n) is 5.09. The number of alkyl halides is 2. The lowest BCUT2D eigenvalue weighted by Gasteiger charge is -2.62. The van der Waals surface area contributed by atoms with Crippen LogP contribution in [0.15, 0.2) is 12.2 Å². The molecule has 0 aromatic carbocycles. The summed E-state index contributed by atoms with van der Waals surface area (Å²) in [4.78, 5) is 1.36. The molecule has 0 unspecified atom stereocenters. The topological polar surface area (TPSA) is 9.23 Å². The SMILES string of the molecule is Br[C@@H]1[C@H](Br)[C@H]2[C@H]3C=C[C@H]([C@@H]4COC[C@H]34)[C@H]12. The number of ether oxygens (including phenoxy) is 1. The van der Waals surface area contributed by atoms with E-state index < -0.39 is 0 Å². The fraction of sp³-hybridized carbons (Fsp3) is 0.833. The van der Waals surface area contributed by atoms with Gasteiger partial charge in [-0.05, 0) is 35.5 Å². The maximum absolute atomic E-state index is 5.70. The fourth-order valence-corrected chi connectivity index (χ4v) is 6.51. The number of rotatable bonds is 0. The molecule has 1 nitrogen and oxygen atoms in total. The molecule has 8 atom stereocenters. The van der Waals surface area contributed by atoms with E-state index in [1.54, 1.807) is 0 Å². The van der Waals surface area contributed by atoms with Crippen LogP contribution in [0.2, 0.25) is 0 Å². The molecule has 0 aromatic heterocycles. The monoisotopic (exact) mass is 332 g/mol. The zero-order chi connectivity index (χ0) is 10.2. The van der Waals surface area contributed by atoms with Crippen LogP contribution in [0.3, 0.4) is 0 Å². The standard InChI is InChI=1S/C12H14Br2O/c13-11-9-5-1-2-6(10(9)12(11)14)8-4-15-3-7(5)8/h1-2,5-12H,3-4H2/t5-,6+,7+,8-,9-,10-,11+,12-/m0/s1. The fourth-order valence-electron chi connectivity index (χ4n) is 4.39. The largest absolute Gasteiger partial charge is 0.381 e. The number of hydrogen-bond acceptors (Lipinski definition) is 1. The molecule has 2 bridgehead atoms. The molecular weight excluding hydrogens is 320 g/mol. The molecule has 4 aliphatic carbocycles. The highest BCUT2D eigenvalue weighted by atomic mass is 79.9. The molecule has 5 aliphatic rings. The van der Waals surface area contributed by atoms with Gasteiger partial charge in [-0.25, -0.2) is 0 Å². The zero-order valence-corrected chi connectivity index (χ0v) is 11.5. The molecule has 0 aromatic rings. The van der Waals surface area contributed by atoms with Gasteiger partial charge in [-0.3, -0.25) is 0 Å². The average Bonchev–Trinajstić information content (AvgIpc) is 2.77. The Kier molecular flexibility index (Phi) is 2.00. The Morgan fingerprint density at radius 1 is 0.867 bits per heavy atom. The summed E-state index contributed by atoms with van der Waals surface area (Å²) in [5.41, 5.74) is 0. The van der Waals surface area contributed by atoms with E-state index in [9.17, 15) is 0 Å². The first-order valence-corrected chi connectivity index (χ1v) is 7.66. The second kappa shape index (κ2) is 3.11. The molecule has 82 valence electrons. The average molecular weight is 334 g/mol. The minimum absolute atomic E-state index is 0.682. The van der Waals surface area contributed by atoms with E-state index in [4.69, 9.17) is 4.74 Å². The maximum Gasteiger partial charge on any atom is 0.0503 e. The van der Waals surface area contributed by atoms with Crippen molar-refractivity contribution in [2.45, 2.75) is 9.65 Å². The van der Waals surface area contributed by atoms with Gasteiger partial charge in [-0.2, -0.15) is 0 Å². The predicted octanol–water partition coefficient (Wildman–Crippen LogP) is 2.84. The van der Waals surface area contributed by atoms with Crippen molar-refractivity contribution in [1.29, 1.82) is 0 Å². The minimum atomic E-state index is 0.682. The van der Waals surface area contributed by atoms with E-state index in [2.05, 4.69) is 44.0 Å². The van der Waals surface area contributed by atoms with Crippen molar-refractivity contribution in [3.63, 3.8) is 0 Å². The first kappa shape index (κ1) is 9.67. The van der Waals surface area contributed by atoms with Crippen LogP contribution in [0.25, 0.3) is 0 Å². The third kappa shape index (κ3) is 1.03. The van der Waals surface area contributed by atoms with Gasteiger partial charge in [-0.1, -0.05) is 44.0 Å². The van der Waals surface area contributed by atoms with Gasteiger partial charge < -0.3 is 4.74 Å². The number of allylic oxidation sites excluding steroid dienone is 2. The summed E-state index contributed by atoms with van der Waals surface area (Å²) < 4.78 is 5.70. The maximum atomic E-state index is 5.70. The van der Waals surface area contributed by atoms with Crippen molar-refractivity contribution < 1.29 is 4.74 Å². The van der Waals surface area contributed by atoms with Gasteiger partial charge in [0, 0.05) is 9.65 Å². The Morgan fingerprint density at radius 3 is 1.80 bits per heavy atom. The van der Waals surface area contributed by atoms with Crippen LogP contribution >= 0.6 is 31.9 Å². The van der Waals surface area contributed by atoms with Gasteiger partial charge in [0.05, 0.1) is 13.2 Å². The summed E-state index contributed by atoms with van der Waals surface area (Å²) in [7, 11) is 0. The first-order chi connectivity index (χ1) is 7.29. The van der Waals surface area contributed by atoms with E-state index in [1.807, 2.05) is 0 Å². The lowest BCUT2D eigenvalue weighted by molar-refractivity contribution is -0.0191. The Bertz CT molecular complexity index is 300. The third-order valence-corrected chi connectivity index (χ3v) is 8.16. The summed E-state index contributed by atoms with van der Waals surface area (Å²) in [6, 6.07) is 0. The summed E-state index contributed by atoms with van der Waals surface area (Å²) in [6.45, 7) is 2.01. The molecule has 15 heavy (non-hydrogen) atoms. The minimum Gasteiger partial charge on any atom is -0.381 e. The van der Waals surface area contributed by atoms with Gasteiger partial charge >= 0.3 is 0 Å². The molecule has 0 spiro atoms. The molecule has 1 heterocycles. The van der Waals surface area contributed by atoms with E-state index in [1.165, 1.54) is 0 Å². The summed E-state index contributed by atoms with van der Waals surface area (Å²) in [6.07, 6.45) is 4.96. The number of halogens is 2. The molecule has 1 aliphatic heterocycles. The first-order valence-electron chi connectivity index (χ1n) is 5.83. The summed E-state index contributed by atoms with van der Waals surface area (Å²) >= 11 is 7.69. The van der Waals surface area contributed by atoms with Gasteiger partial charge in [0.1, 0.15) is 0 Å². The zero-order valence-electron chi connectivity index (χ0n) is 8.35. The molecule has 0 amide bonds. The molecule has 0 N–H and O–H groups in total. The number of hydrogen-bond donors (Lipinski definition) is 0. The van der Waals surface area contributed by atoms with Crippen molar-refractivity contribution >= 4 is 31.9 Å². The van der Waals surface area contributed by atoms with Crippen molar-refractivity contribution in [1.82, 2.24) is 0 Å². The van der Waals surface area contributed by atoms with E-state index in [0.717, 1.165) is 48.7 Å². The second-order valence-electron chi connectivity index (χ2n) is 5.45. The van der Waals surface area contributed by atoms with Gasteiger partial charge in [-0.15, -0.1) is 0 Å². The van der Waals surface area contributed by atoms with Crippen LogP contribution in [0.5, 0.6) is 0 Å². The Morgan fingerprint density at radius 2 is 1.33 bits per heavy atom. The summed E-state index contributed by atoms with van der Waals surface area (Å²) in [5.74, 6) is 4.94. The van der Waals surface area contributed by atoms with E-state index in [-0.39, 0.29) is 0 Å². The van der Waals surface area contributed by atoms with Crippen LogP contribution in [0.1, 0.15) is 0 Å². The summed E-state index contributed by atoms with van der Waals surface area (Å²) in [5, 5.41) is 0. The van der Waals surface area contributed by atoms with Crippen LogP contribution in [0, 0.1) is 35.5 Å². The van der Waals surface area contributed by atoms with Crippen molar-refractivity contribution in [2.75, 3.05) is 13.2 Å². The quantitative estimate of drug-likeness (QED) is 0.489. The predicted molar refractivity (Wildman–Crippen MR) is 66.3 cm³/mol. The van der Waals surface area contributed by atoms with Gasteiger partial charge in [0.15, 0.2) is 0 Å². The highest BCUT2D eigenvalue weighted by Crippen LogP contribution is 2.64. The molecular formula is C12H14Br2O. The van der Waals surface area contributed by atoms with Crippen molar-refractivity contribution in [2.24, 2.45) is 35.5 Å². The highest BCUT2D eigenvalue weighted by Gasteiger charge is 2.63. The van der Waals surface area contributed by atoms with Crippen LogP contribution in [-0.2, 0) is 4.74 Å². The molecule has 1 saturated heterocycles. The Hall–Kier alpha value is 0.660. The van der Waals surface area contributed by atoms with Crippen molar-refractivity contribution in [3.05, 3.63) is 12.2 Å². The molecule has 3 fully saturated rings. The normalized spacial score (nSPS) is 64.9. The Balaban J connectivity index is 1.76. The Labute approximate surface area is 107 Å². The van der Waals surface area contributed by atoms with E-state index >= 15 is 0 Å². The van der Waals surface area contributed by atoms with Gasteiger partial charge in [0.25, 0.3) is 0 Å². The second-order valence-corrected chi connectivity index (χ2v) is 7.56. The molecule has 3 heteroatoms. The molecule has 2 saturated carbocycles. The van der Waals surface area contributed by atoms with E-state index in [0.29, 0.717) is 9.65 Å². The van der Waals surface area contributed by atoms with Crippen LogP contribution < -0.4 is 0 Å². The lowest BCUT2D eigenvalue weighted by Crippen LogP contribution is -2.63. The van der Waals surface area contributed by atoms with Crippen LogP contribution in [0.4, 0.5) is 0 Å².